The second-order valence-electron chi connectivity index (χ2n) is 17.5. The number of esters is 3. The van der Waals surface area contributed by atoms with E-state index in [-0.39, 0.29) is 37.5 Å². The zero-order valence-electron chi connectivity index (χ0n) is 43.1. The van der Waals surface area contributed by atoms with E-state index < -0.39 is 6.10 Å². The van der Waals surface area contributed by atoms with Crippen LogP contribution in [0.3, 0.4) is 0 Å². The monoisotopic (exact) mass is 927 g/mol. The molecule has 0 amide bonds. The first-order valence-electron chi connectivity index (χ1n) is 27.1. The van der Waals surface area contributed by atoms with Crippen LogP contribution in [0.1, 0.15) is 226 Å². The Morgan fingerprint density at radius 2 is 0.672 bits per heavy atom. The lowest BCUT2D eigenvalue weighted by atomic mass is 10.0. The summed E-state index contributed by atoms with van der Waals surface area (Å²) in [6.45, 7) is 6.29. The van der Waals surface area contributed by atoms with Gasteiger partial charge in [-0.1, -0.05) is 251 Å². The number of rotatable bonds is 47. The molecular formula is C61H98O6. The second kappa shape index (κ2) is 54.4. The van der Waals surface area contributed by atoms with Crippen LogP contribution in [0.5, 0.6) is 0 Å². The van der Waals surface area contributed by atoms with E-state index in [1.54, 1.807) is 0 Å². The van der Waals surface area contributed by atoms with Crippen LogP contribution in [-0.4, -0.2) is 37.2 Å². The topological polar surface area (TPSA) is 78.9 Å². The fourth-order valence-corrected chi connectivity index (χ4v) is 7.09. The molecule has 0 aromatic rings. The first kappa shape index (κ1) is 62.8. The predicted octanol–water partition coefficient (Wildman–Crippen LogP) is 18.1. The normalized spacial score (nSPS) is 13.1. The van der Waals surface area contributed by atoms with Crippen molar-refractivity contribution in [3.63, 3.8) is 0 Å². The van der Waals surface area contributed by atoms with Crippen LogP contribution in [0.4, 0.5) is 0 Å². The number of carbonyl (C=O) groups is 3. The third kappa shape index (κ3) is 52.6. The first-order chi connectivity index (χ1) is 33.0. The fourth-order valence-electron chi connectivity index (χ4n) is 7.09. The molecule has 0 saturated heterocycles. The molecule has 0 radical (unpaired) electrons. The smallest absolute Gasteiger partial charge is 0.306 e. The van der Waals surface area contributed by atoms with E-state index in [1.807, 2.05) is 48.6 Å². The molecule has 1 unspecified atom stereocenters. The van der Waals surface area contributed by atoms with Crippen molar-refractivity contribution in [2.45, 2.75) is 232 Å². The first-order valence-corrected chi connectivity index (χ1v) is 27.1. The third-order valence-electron chi connectivity index (χ3n) is 11.1. The SMILES string of the molecule is CC\C=C/C=C\C=C/C=C\C=C/CCCCCC(=O)OCC(COC(=O)CCC/C=C\C/C=C\C/C=C\C/C=C\C/C=C\CC)OC(=O)CCCCCCCCCCCCCCCCCCC. The molecule has 0 aromatic carbocycles. The maximum atomic E-state index is 12.8. The Morgan fingerprint density at radius 1 is 0.328 bits per heavy atom. The van der Waals surface area contributed by atoms with Crippen LogP contribution in [0.2, 0.25) is 0 Å². The zero-order valence-corrected chi connectivity index (χ0v) is 43.1. The van der Waals surface area contributed by atoms with Gasteiger partial charge < -0.3 is 14.2 Å². The average molecular weight is 927 g/mol. The molecule has 0 spiro atoms. The highest BCUT2D eigenvalue weighted by atomic mass is 16.6. The minimum atomic E-state index is -0.820. The number of carbonyl (C=O) groups excluding carboxylic acids is 3. The Hall–Kier alpha value is -4.19. The van der Waals surface area contributed by atoms with Crippen molar-refractivity contribution in [1.82, 2.24) is 0 Å². The van der Waals surface area contributed by atoms with Crippen molar-refractivity contribution in [2.75, 3.05) is 13.2 Å². The lowest BCUT2D eigenvalue weighted by Crippen LogP contribution is -2.30. The van der Waals surface area contributed by atoms with Crippen molar-refractivity contribution in [1.29, 1.82) is 0 Å². The standard InChI is InChI=1S/C61H98O6/c1-4-7-10-13-16-19-22-25-28-30-33-36-39-42-45-48-51-54-60(63)66-57-58(56-65-59(62)53-50-47-44-41-38-35-32-27-24-21-18-15-12-9-6-3)67-61(64)55-52-49-46-43-40-37-34-31-29-26-23-20-17-14-11-8-5-2/h7,9-10,12,15-16,18-19,21,24-25,27-28,32-33,35-36,38,42,45,58H,4-6,8,11,13-14,17,20,22-23,26,29-31,34,37,39-41,43-44,46-57H2,1-3H3/b10-7-,12-9-,18-15-,19-16-,24-21-,28-25-,32-27-,36-33-,38-35-,45-42-. The fraction of sp³-hybridized carbons (Fsp3) is 0.623. The van der Waals surface area contributed by atoms with Crippen LogP contribution in [0, 0.1) is 0 Å². The summed E-state index contributed by atoms with van der Waals surface area (Å²) in [7, 11) is 0. The number of allylic oxidation sites excluding steroid dienone is 20. The summed E-state index contributed by atoms with van der Waals surface area (Å²) in [4.78, 5) is 38.1. The van der Waals surface area contributed by atoms with Gasteiger partial charge >= 0.3 is 17.9 Å². The van der Waals surface area contributed by atoms with Crippen molar-refractivity contribution in [2.24, 2.45) is 0 Å². The molecule has 0 N–H and O–H groups in total. The van der Waals surface area contributed by atoms with Gasteiger partial charge in [-0.3, -0.25) is 14.4 Å². The van der Waals surface area contributed by atoms with Crippen molar-refractivity contribution in [3.8, 4) is 0 Å². The largest absolute Gasteiger partial charge is 0.462 e. The van der Waals surface area contributed by atoms with E-state index in [2.05, 4.69) is 93.7 Å². The Kier molecular flexibility index (Phi) is 51.0. The molecule has 0 aromatic heterocycles. The molecule has 6 heteroatoms. The summed E-state index contributed by atoms with van der Waals surface area (Å²) >= 11 is 0. The van der Waals surface area contributed by atoms with Gasteiger partial charge in [0.2, 0.25) is 0 Å². The van der Waals surface area contributed by atoms with E-state index in [9.17, 15) is 14.4 Å². The number of ether oxygens (including phenoxy) is 3. The Balaban J connectivity index is 4.55. The Labute approximate surface area is 412 Å². The van der Waals surface area contributed by atoms with Gasteiger partial charge in [0.1, 0.15) is 13.2 Å². The summed E-state index contributed by atoms with van der Waals surface area (Å²) in [5.74, 6) is -1.02. The van der Waals surface area contributed by atoms with Crippen molar-refractivity contribution in [3.05, 3.63) is 122 Å². The molecule has 0 aliphatic carbocycles. The molecule has 67 heavy (non-hydrogen) atoms. The van der Waals surface area contributed by atoms with Crippen LogP contribution in [0.25, 0.3) is 0 Å². The molecule has 0 saturated carbocycles. The summed E-state index contributed by atoms with van der Waals surface area (Å²) in [5.41, 5.74) is 0. The Morgan fingerprint density at radius 3 is 1.13 bits per heavy atom. The predicted molar refractivity (Wildman–Crippen MR) is 288 cm³/mol. The van der Waals surface area contributed by atoms with Crippen LogP contribution < -0.4 is 0 Å². The van der Waals surface area contributed by atoms with E-state index in [0.717, 1.165) is 89.9 Å². The van der Waals surface area contributed by atoms with Crippen LogP contribution >= 0.6 is 0 Å². The average Bonchev–Trinajstić information content (AvgIpc) is 3.33. The second-order valence-corrected chi connectivity index (χ2v) is 17.5. The zero-order chi connectivity index (χ0) is 48.6. The molecule has 1 atom stereocenters. The maximum absolute atomic E-state index is 12.8. The summed E-state index contributed by atoms with van der Waals surface area (Å²) < 4.78 is 16.7. The highest BCUT2D eigenvalue weighted by Crippen LogP contribution is 2.15. The van der Waals surface area contributed by atoms with Gasteiger partial charge in [-0.2, -0.15) is 0 Å². The van der Waals surface area contributed by atoms with Crippen molar-refractivity contribution >= 4 is 17.9 Å². The van der Waals surface area contributed by atoms with Gasteiger partial charge in [0.15, 0.2) is 6.10 Å². The molecule has 0 rings (SSSR count). The molecule has 0 aliphatic rings. The van der Waals surface area contributed by atoms with Gasteiger partial charge in [-0.25, -0.2) is 0 Å². The molecule has 378 valence electrons. The van der Waals surface area contributed by atoms with Crippen LogP contribution in [-0.2, 0) is 28.6 Å². The Bertz CT molecular complexity index is 1440. The lowest BCUT2D eigenvalue weighted by molar-refractivity contribution is -0.167. The quantitative estimate of drug-likeness (QED) is 0.0199. The van der Waals surface area contributed by atoms with Gasteiger partial charge in [0.05, 0.1) is 0 Å². The molecule has 0 bridgehead atoms. The summed E-state index contributed by atoms with van der Waals surface area (Å²) in [5, 5.41) is 0. The van der Waals surface area contributed by atoms with E-state index in [4.69, 9.17) is 14.2 Å². The van der Waals surface area contributed by atoms with Crippen LogP contribution in [0.15, 0.2) is 122 Å². The van der Waals surface area contributed by atoms with Gasteiger partial charge in [-0.15, -0.1) is 0 Å². The highest BCUT2D eigenvalue weighted by Gasteiger charge is 2.19. The third-order valence-corrected chi connectivity index (χ3v) is 11.1. The molecule has 6 nitrogen and oxygen atoms in total. The summed E-state index contributed by atoms with van der Waals surface area (Å²) in [6, 6.07) is 0. The highest BCUT2D eigenvalue weighted by molar-refractivity contribution is 5.71. The molecule has 0 heterocycles. The lowest BCUT2D eigenvalue weighted by Gasteiger charge is -2.18. The van der Waals surface area contributed by atoms with Gasteiger partial charge in [0.25, 0.3) is 0 Å². The molecular weight excluding hydrogens is 829 g/mol. The number of hydrogen-bond acceptors (Lipinski definition) is 6. The van der Waals surface area contributed by atoms with Gasteiger partial charge in [-0.05, 0) is 77.0 Å². The van der Waals surface area contributed by atoms with Gasteiger partial charge in [0, 0.05) is 19.3 Å². The molecule has 0 aliphatic heterocycles. The molecule has 0 fully saturated rings. The van der Waals surface area contributed by atoms with E-state index in [1.165, 1.54) is 89.9 Å². The minimum Gasteiger partial charge on any atom is -0.462 e. The summed E-state index contributed by atoms with van der Waals surface area (Å²) in [6.07, 6.45) is 74.8. The number of unbranched alkanes of at least 4 members (excludes halogenated alkanes) is 20. The minimum absolute atomic E-state index is 0.119. The van der Waals surface area contributed by atoms with E-state index >= 15 is 0 Å². The van der Waals surface area contributed by atoms with Crippen molar-refractivity contribution < 1.29 is 28.6 Å². The maximum Gasteiger partial charge on any atom is 0.306 e. The van der Waals surface area contributed by atoms with E-state index in [0.29, 0.717) is 19.3 Å². The number of hydrogen-bond donors (Lipinski definition) is 0.